The van der Waals surface area contributed by atoms with Crippen LogP contribution in [-0.4, -0.2) is 30.7 Å². The molecule has 4 nitrogen and oxygen atoms in total. The average Bonchev–Trinajstić information content (AvgIpc) is 3.02. The summed E-state index contributed by atoms with van der Waals surface area (Å²) >= 11 is 0. The lowest BCUT2D eigenvalue weighted by Gasteiger charge is -2.39. The van der Waals surface area contributed by atoms with Gasteiger partial charge in [-0.15, -0.1) is 0 Å². The predicted octanol–water partition coefficient (Wildman–Crippen LogP) is 5.69. The highest BCUT2D eigenvalue weighted by molar-refractivity contribution is 5.86. The third kappa shape index (κ3) is 3.89. The van der Waals surface area contributed by atoms with Crippen molar-refractivity contribution < 1.29 is 22.7 Å². The summed E-state index contributed by atoms with van der Waals surface area (Å²) in [7, 11) is 1.40. The molecule has 4 rings (SSSR count). The van der Waals surface area contributed by atoms with Crippen LogP contribution in [0.4, 0.5) is 18.9 Å². The van der Waals surface area contributed by atoms with Crippen molar-refractivity contribution in [2.75, 3.05) is 25.1 Å². The predicted molar refractivity (Wildman–Crippen MR) is 115 cm³/mol. The van der Waals surface area contributed by atoms with E-state index in [9.17, 15) is 18.0 Å². The minimum atomic E-state index is -4.37. The summed E-state index contributed by atoms with van der Waals surface area (Å²) in [4.78, 5) is 13.9. The molecule has 1 saturated heterocycles. The van der Waals surface area contributed by atoms with Gasteiger partial charge in [0.05, 0.1) is 24.1 Å². The molecular weight excluding hydrogens is 405 g/mol. The van der Waals surface area contributed by atoms with Gasteiger partial charge in [0.15, 0.2) is 0 Å². The molecule has 0 saturated carbocycles. The largest absolute Gasteiger partial charge is 0.469 e. The number of anilines is 1. The van der Waals surface area contributed by atoms with Crippen LogP contribution in [0.25, 0.3) is 16.6 Å². The Kier molecular flexibility index (Phi) is 5.23. The number of rotatable bonds is 4. The number of aromatic nitrogens is 1. The summed E-state index contributed by atoms with van der Waals surface area (Å²) in [5.41, 5.74) is 3.88. The van der Waals surface area contributed by atoms with Crippen molar-refractivity contribution in [1.82, 2.24) is 4.57 Å². The zero-order valence-corrected chi connectivity index (χ0v) is 18.0. The van der Waals surface area contributed by atoms with E-state index in [-0.39, 0.29) is 17.8 Å². The van der Waals surface area contributed by atoms with Crippen LogP contribution >= 0.6 is 0 Å². The number of nitrogens with zero attached hydrogens (tertiary/aromatic N) is 2. The Morgan fingerprint density at radius 1 is 1.10 bits per heavy atom. The molecule has 2 heterocycles. The maximum Gasteiger partial charge on any atom is 0.416 e. The average molecular weight is 430 g/mol. The van der Waals surface area contributed by atoms with Gasteiger partial charge in [0, 0.05) is 36.0 Å². The van der Waals surface area contributed by atoms with Gasteiger partial charge in [-0.25, -0.2) is 0 Å². The third-order valence-corrected chi connectivity index (χ3v) is 5.98. The van der Waals surface area contributed by atoms with Crippen LogP contribution in [-0.2, 0) is 15.7 Å². The molecule has 1 aliphatic rings. The van der Waals surface area contributed by atoms with Gasteiger partial charge in [-0.2, -0.15) is 13.2 Å². The van der Waals surface area contributed by atoms with Gasteiger partial charge >= 0.3 is 12.1 Å². The first-order valence-corrected chi connectivity index (χ1v) is 10.3. The van der Waals surface area contributed by atoms with E-state index in [0.29, 0.717) is 18.5 Å². The van der Waals surface area contributed by atoms with Crippen LogP contribution in [0.5, 0.6) is 0 Å². The topological polar surface area (TPSA) is 34.5 Å². The third-order valence-electron chi connectivity index (χ3n) is 5.98. The molecule has 0 N–H and O–H groups in total. The molecule has 164 valence electrons. The SMILES string of the molecule is COC(=O)C1CN(c2cc(C(C)C)cc(-n3cc(C)c4cc(C(F)(F)F)ccc43)c2)C1. The number of fused-ring (bicyclic) bond motifs is 1. The van der Waals surface area contributed by atoms with Gasteiger partial charge in [-0.1, -0.05) is 13.8 Å². The van der Waals surface area contributed by atoms with E-state index in [1.165, 1.54) is 19.2 Å². The first kappa shape index (κ1) is 21.3. The second-order valence-corrected chi connectivity index (χ2v) is 8.47. The number of halogens is 3. The normalized spacial score (nSPS) is 14.9. The number of aryl methyl sites for hydroxylation is 1. The molecule has 0 bridgehead atoms. The molecule has 0 spiro atoms. The van der Waals surface area contributed by atoms with Crippen LogP contribution in [0, 0.1) is 12.8 Å². The molecule has 31 heavy (non-hydrogen) atoms. The maximum atomic E-state index is 13.2. The van der Waals surface area contributed by atoms with E-state index >= 15 is 0 Å². The number of hydrogen-bond donors (Lipinski definition) is 0. The Hall–Kier alpha value is -2.96. The number of benzene rings is 2. The number of carbonyl (C=O) groups excluding carboxylic acids is 1. The van der Waals surface area contributed by atoms with E-state index in [0.717, 1.165) is 34.1 Å². The molecule has 0 atom stereocenters. The zero-order chi connectivity index (χ0) is 22.5. The Morgan fingerprint density at radius 3 is 2.39 bits per heavy atom. The highest BCUT2D eigenvalue weighted by atomic mass is 19.4. The van der Waals surface area contributed by atoms with Crippen molar-refractivity contribution in [3.05, 3.63) is 59.3 Å². The summed E-state index contributed by atoms with van der Waals surface area (Å²) in [5, 5.41) is 0.584. The molecule has 2 aromatic carbocycles. The molecule has 1 aromatic heterocycles. The van der Waals surface area contributed by atoms with Crippen LogP contribution < -0.4 is 4.90 Å². The van der Waals surface area contributed by atoms with Gasteiger partial charge in [0.2, 0.25) is 0 Å². The second-order valence-electron chi connectivity index (χ2n) is 8.47. The smallest absolute Gasteiger partial charge is 0.416 e. The maximum absolute atomic E-state index is 13.2. The van der Waals surface area contributed by atoms with E-state index in [2.05, 4.69) is 30.9 Å². The van der Waals surface area contributed by atoms with E-state index in [1.807, 2.05) is 23.8 Å². The summed E-state index contributed by atoms with van der Waals surface area (Å²) in [6, 6.07) is 10.1. The number of hydrogen-bond acceptors (Lipinski definition) is 3. The van der Waals surface area contributed by atoms with Crippen molar-refractivity contribution >= 4 is 22.6 Å². The minimum absolute atomic E-state index is 0.133. The summed E-state index contributed by atoms with van der Waals surface area (Å²) < 4.78 is 46.3. The molecule has 3 aromatic rings. The Bertz CT molecular complexity index is 1140. The Balaban J connectivity index is 1.77. The summed E-state index contributed by atoms with van der Waals surface area (Å²) in [6.07, 6.45) is -2.50. The number of methoxy groups -OCH3 is 1. The van der Waals surface area contributed by atoms with Gasteiger partial charge in [-0.3, -0.25) is 4.79 Å². The summed E-state index contributed by atoms with van der Waals surface area (Å²) in [5.74, 6) is -0.0632. The molecule has 1 fully saturated rings. The highest BCUT2D eigenvalue weighted by Gasteiger charge is 2.34. The molecule has 0 amide bonds. The highest BCUT2D eigenvalue weighted by Crippen LogP contribution is 2.36. The van der Waals surface area contributed by atoms with Gasteiger partial charge in [-0.05, 0) is 60.4 Å². The Labute approximate surface area is 179 Å². The van der Waals surface area contributed by atoms with E-state index in [4.69, 9.17) is 4.74 Å². The fourth-order valence-electron chi connectivity index (χ4n) is 4.06. The lowest BCUT2D eigenvalue weighted by atomic mass is 9.96. The summed E-state index contributed by atoms with van der Waals surface area (Å²) in [6.45, 7) is 7.21. The first-order valence-electron chi connectivity index (χ1n) is 10.3. The van der Waals surface area contributed by atoms with Crippen molar-refractivity contribution in [1.29, 1.82) is 0 Å². The number of ether oxygens (including phenoxy) is 1. The fourth-order valence-corrected chi connectivity index (χ4v) is 4.06. The van der Waals surface area contributed by atoms with Crippen LogP contribution in [0.2, 0.25) is 0 Å². The van der Waals surface area contributed by atoms with Crippen LogP contribution in [0.15, 0.2) is 42.6 Å². The van der Waals surface area contributed by atoms with Crippen molar-refractivity contribution in [3.63, 3.8) is 0 Å². The fraction of sp³-hybridized carbons (Fsp3) is 0.375. The molecule has 1 aliphatic heterocycles. The van der Waals surface area contributed by atoms with Crippen molar-refractivity contribution in [2.24, 2.45) is 5.92 Å². The molecule has 7 heteroatoms. The second kappa shape index (κ2) is 7.62. The van der Waals surface area contributed by atoms with Crippen LogP contribution in [0.3, 0.4) is 0 Å². The molecule has 0 unspecified atom stereocenters. The van der Waals surface area contributed by atoms with Gasteiger partial charge in [0.25, 0.3) is 0 Å². The standard InChI is InChI=1S/C24H25F3N2O2/c1-14(2)16-7-19(28-12-17(13-28)23(30)31-4)10-20(8-16)29-11-15(3)21-9-18(24(25,26)27)5-6-22(21)29/h5-11,14,17H,12-13H2,1-4H3. The quantitative estimate of drug-likeness (QED) is 0.499. The van der Waals surface area contributed by atoms with Crippen molar-refractivity contribution in [2.45, 2.75) is 32.9 Å². The zero-order valence-electron chi connectivity index (χ0n) is 18.0. The number of esters is 1. The number of alkyl halides is 3. The lowest BCUT2D eigenvalue weighted by molar-refractivity contribution is -0.146. The lowest BCUT2D eigenvalue weighted by Crippen LogP contribution is -2.50. The van der Waals surface area contributed by atoms with E-state index < -0.39 is 11.7 Å². The molecular formula is C24H25F3N2O2. The van der Waals surface area contributed by atoms with Crippen LogP contribution in [0.1, 0.15) is 36.5 Å². The monoisotopic (exact) mass is 430 g/mol. The minimum Gasteiger partial charge on any atom is -0.469 e. The molecule has 0 radical (unpaired) electrons. The van der Waals surface area contributed by atoms with Gasteiger partial charge in [0.1, 0.15) is 0 Å². The molecule has 0 aliphatic carbocycles. The van der Waals surface area contributed by atoms with Crippen molar-refractivity contribution in [3.8, 4) is 5.69 Å². The van der Waals surface area contributed by atoms with E-state index in [1.54, 1.807) is 0 Å². The Morgan fingerprint density at radius 2 is 1.77 bits per heavy atom. The number of carbonyl (C=O) groups is 1. The first-order chi connectivity index (χ1) is 14.6. The van der Waals surface area contributed by atoms with Gasteiger partial charge < -0.3 is 14.2 Å².